The molecule has 0 radical (unpaired) electrons. The van der Waals surface area contributed by atoms with Crippen LogP contribution < -0.4 is 11.1 Å². The number of anilines is 3. The maximum atomic E-state index is 12.5. The monoisotopic (exact) mass is 401 g/mol. The van der Waals surface area contributed by atoms with Crippen molar-refractivity contribution in [3.63, 3.8) is 0 Å². The Bertz CT molecular complexity index is 1230. The summed E-state index contributed by atoms with van der Waals surface area (Å²) in [5.41, 5.74) is 9.94. The molecule has 0 amide bonds. The lowest BCUT2D eigenvalue weighted by molar-refractivity contribution is 0.0462. The normalized spacial score (nSPS) is 10.7. The first-order valence-corrected chi connectivity index (χ1v) is 9.22. The molecule has 0 aliphatic carbocycles. The first-order valence-electron chi connectivity index (χ1n) is 9.22. The summed E-state index contributed by atoms with van der Waals surface area (Å²) in [6, 6.07) is 14.4. The van der Waals surface area contributed by atoms with Crippen molar-refractivity contribution in [1.29, 1.82) is 0 Å². The number of fused-ring (bicyclic) bond motifs is 1. The molecule has 0 fully saturated rings. The number of ether oxygens (including phenoxy) is 1. The molecule has 0 bridgehead atoms. The quantitative estimate of drug-likeness (QED) is 0.484. The van der Waals surface area contributed by atoms with E-state index in [0.717, 1.165) is 22.6 Å². The van der Waals surface area contributed by atoms with Gasteiger partial charge < -0.3 is 15.8 Å². The molecule has 4 aromatic rings. The molecule has 4 rings (SSSR count). The predicted molar refractivity (Wildman–Crippen MR) is 112 cm³/mol. The molecule has 30 heavy (non-hydrogen) atoms. The van der Waals surface area contributed by atoms with Gasteiger partial charge in [-0.3, -0.25) is 0 Å². The third-order valence-electron chi connectivity index (χ3n) is 4.37. The number of aromatic nitrogens is 5. The number of hydrogen-bond acceptors (Lipinski definition) is 9. The van der Waals surface area contributed by atoms with E-state index in [-0.39, 0.29) is 24.3 Å². The van der Waals surface area contributed by atoms with Crippen molar-refractivity contribution >= 4 is 34.6 Å². The lowest BCUT2D eigenvalue weighted by Gasteiger charge is -2.08. The molecule has 9 nitrogen and oxygen atoms in total. The summed E-state index contributed by atoms with van der Waals surface area (Å²) >= 11 is 0. The van der Waals surface area contributed by atoms with Gasteiger partial charge in [-0.15, -0.1) is 0 Å². The number of hydrogen-bond donors (Lipinski definition) is 2. The first-order chi connectivity index (χ1) is 14.5. The van der Waals surface area contributed by atoms with Crippen LogP contribution in [-0.2, 0) is 11.3 Å². The van der Waals surface area contributed by atoms with Gasteiger partial charge in [0.25, 0.3) is 0 Å². The summed E-state index contributed by atoms with van der Waals surface area (Å²) in [6.45, 7) is 3.62. The minimum absolute atomic E-state index is 0.0290. The number of nitrogens with one attached hydrogen (secondary N) is 1. The molecule has 0 atom stereocenters. The SMILES string of the molecule is Cc1nc2ccc(C(=O)OCc3nc(N)nc(Nc4ccccc4)n3)cc2nc1C. The van der Waals surface area contributed by atoms with Crippen molar-refractivity contribution in [2.24, 2.45) is 0 Å². The number of carbonyl (C=O) groups excluding carboxylic acids is 1. The molecule has 9 heteroatoms. The average Bonchev–Trinajstić information content (AvgIpc) is 2.73. The second kappa shape index (κ2) is 8.08. The van der Waals surface area contributed by atoms with E-state index >= 15 is 0 Å². The number of nitrogens with two attached hydrogens (primary N) is 1. The number of benzene rings is 2. The Morgan fingerprint density at radius 1 is 0.933 bits per heavy atom. The standard InChI is InChI=1S/C21H19N7O2/c1-12-13(2)24-17-10-14(8-9-16(17)23-12)19(29)30-11-18-26-20(22)28-21(27-18)25-15-6-4-3-5-7-15/h3-10H,11H2,1-2H3,(H3,22,25,26,27,28). The van der Waals surface area contributed by atoms with Gasteiger partial charge in [0.2, 0.25) is 11.9 Å². The highest BCUT2D eigenvalue weighted by atomic mass is 16.5. The van der Waals surface area contributed by atoms with Crippen molar-refractivity contribution in [3.8, 4) is 0 Å². The smallest absolute Gasteiger partial charge is 0.338 e. The third-order valence-corrected chi connectivity index (χ3v) is 4.37. The van der Waals surface area contributed by atoms with Gasteiger partial charge in [-0.25, -0.2) is 14.8 Å². The molecule has 0 saturated carbocycles. The largest absolute Gasteiger partial charge is 0.454 e. The maximum absolute atomic E-state index is 12.5. The van der Waals surface area contributed by atoms with Gasteiger partial charge in [0.1, 0.15) is 0 Å². The van der Waals surface area contributed by atoms with Crippen LogP contribution in [0.2, 0.25) is 0 Å². The Hall–Kier alpha value is -4.14. The van der Waals surface area contributed by atoms with Crippen molar-refractivity contribution < 1.29 is 9.53 Å². The fourth-order valence-electron chi connectivity index (χ4n) is 2.78. The molecule has 0 saturated heterocycles. The van der Waals surface area contributed by atoms with E-state index in [1.807, 2.05) is 44.2 Å². The molecule has 2 heterocycles. The van der Waals surface area contributed by atoms with Crippen molar-refractivity contribution in [1.82, 2.24) is 24.9 Å². The molecule has 2 aromatic heterocycles. The summed E-state index contributed by atoms with van der Waals surface area (Å²) in [4.78, 5) is 33.8. The van der Waals surface area contributed by atoms with Crippen LogP contribution in [0.4, 0.5) is 17.6 Å². The van der Waals surface area contributed by atoms with E-state index in [9.17, 15) is 4.79 Å². The zero-order chi connectivity index (χ0) is 21.1. The fourth-order valence-corrected chi connectivity index (χ4v) is 2.78. The van der Waals surface area contributed by atoms with Crippen LogP contribution >= 0.6 is 0 Å². The topological polar surface area (TPSA) is 129 Å². The molecular formula is C21H19N7O2. The molecular weight excluding hydrogens is 382 g/mol. The van der Waals surface area contributed by atoms with E-state index in [2.05, 4.69) is 30.2 Å². The Morgan fingerprint density at radius 3 is 2.43 bits per heavy atom. The molecule has 0 unspecified atom stereocenters. The number of para-hydroxylation sites is 1. The number of nitrogen functional groups attached to an aromatic ring is 1. The molecule has 0 spiro atoms. The average molecular weight is 401 g/mol. The van der Waals surface area contributed by atoms with E-state index in [1.54, 1.807) is 18.2 Å². The van der Waals surface area contributed by atoms with E-state index in [1.165, 1.54) is 0 Å². The molecule has 150 valence electrons. The second-order valence-electron chi connectivity index (χ2n) is 6.60. The van der Waals surface area contributed by atoms with Gasteiger partial charge in [-0.2, -0.15) is 15.0 Å². The van der Waals surface area contributed by atoms with Crippen molar-refractivity contribution in [3.05, 3.63) is 71.3 Å². The minimum atomic E-state index is -0.520. The lowest BCUT2D eigenvalue weighted by Crippen LogP contribution is -2.11. The number of rotatable bonds is 5. The van der Waals surface area contributed by atoms with Gasteiger partial charge >= 0.3 is 5.97 Å². The number of carbonyl (C=O) groups is 1. The van der Waals surface area contributed by atoms with Crippen molar-refractivity contribution in [2.45, 2.75) is 20.5 Å². The predicted octanol–water partition coefficient (Wildman–Crippen LogP) is 3.11. The number of aryl methyl sites for hydroxylation is 2. The van der Waals surface area contributed by atoms with Crippen molar-refractivity contribution in [2.75, 3.05) is 11.1 Å². The van der Waals surface area contributed by atoms with Crippen LogP contribution in [0.3, 0.4) is 0 Å². The van der Waals surface area contributed by atoms with Gasteiger partial charge in [0.05, 0.1) is 28.0 Å². The van der Waals surface area contributed by atoms with Crippen LogP contribution in [0.1, 0.15) is 27.6 Å². The Balaban J connectivity index is 1.48. The van der Waals surface area contributed by atoms with Gasteiger partial charge in [-0.1, -0.05) is 18.2 Å². The Morgan fingerprint density at radius 2 is 1.67 bits per heavy atom. The molecule has 0 aliphatic rings. The van der Waals surface area contributed by atoms with Crippen LogP contribution in [0.5, 0.6) is 0 Å². The molecule has 2 aromatic carbocycles. The van der Waals surface area contributed by atoms with Gasteiger partial charge in [0.15, 0.2) is 12.4 Å². The number of esters is 1. The summed E-state index contributed by atoms with van der Waals surface area (Å²) < 4.78 is 5.35. The van der Waals surface area contributed by atoms with E-state index < -0.39 is 5.97 Å². The van der Waals surface area contributed by atoms with E-state index in [0.29, 0.717) is 11.1 Å². The highest BCUT2D eigenvalue weighted by Crippen LogP contribution is 2.16. The minimum Gasteiger partial charge on any atom is -0.454 e. The second-order valence-corrected chi connectivity index (χ2v) is 6.60. The summed E-state index contributed by atoms with van der Waals surface area (Å²) in [6.07, 6.45) is 0. The van der Waals surface area contributed by atoms with Crippen LogP contribution in [-0.4, -0.2) is 30.9 Å². The summed E-state index contributed by atoms with van der Waals surface area (Å²) in [5, 5.41) is 3.04. The molecule has 3 N–H and O–H groups in total. The highest BCUT2D eigenvalue weighted by Gasteiger charge is 2.12. The lowest BCUT2D eigenvalue weighted by atomic mass is 10.2. The fraction of sp³-hybridized carbons (Fsp3) is 0.143. The maximum Gasteiger partial charge on any atom is 0.338 e. The van der Waals surface area contributed by atoms with Crippen LogP contribution in [0.15, 0.2) is 48.5 Å². The Kier molecular flexibility index (Phi) is 5.17. The number of nitrogens with zero attached hydrogens (tertiary/aromatic N) is 5. The summed E-state index contributed by atoms with van der Waals surface area (Å²) in [7, 11) is 0. The zero-order valence-corrected chi connectivity index (χ0v) is 16.5. The third kappa shape index (κ3) is 4.30. The van der Waals surface area contributed by atoms with Gasteiger partial charge in [-0.05, 0) is 44.2 Å². The highest BCUT2D eigenvalue weighted by molar-refractivity contribution is 5.93. The molecule has 0 aliphatic heterocycles. The first kappa shape index (κ1) is 19.2. The zero-order valence-electron chi connectivity index (χ0n) is 16.5. The van der Waals surface area contributed by atoms with Gasteiger partial charge in [0, 0.05) is 5.69 Å². The van der Waals surface area contributed by atoms with E-state index in [4.69, 9.17) is 10.5 Å². The van der Waals surface area contributed by atoms with Crippen LogP contribution in [0.25, 0.3) is 11.0 Å². The summed E-state index contributed by atoms with van der Waals surface area (Å²) in [5.74, 6) is 0.0164. The Labute approximate surface area is 172 Å². The van der Waals surface area contributed by atoms with Crippen LogP contribution in [0, 0.1) is 13.8 Å².